The second-order valence-electron chi connectivity index (χ2n) is 7.14. The summed E-state index contributed by atoms with van der Waals surface area (Å²) in [6.07, 6.45) is 1.92. The van der Waals surface area contributed by atoms with Gasteiger partial charge in [0.25, 0.3) is 0 Å². The van der Waals surface area contributed by atoms with Crippen molar-refractivity contribution in [1.82, 2.24) is 4.68 Å². The van der Waals surface area contributed by atoms with Crippen LogP contribution >= 0.6 is 11.3 Å². The average molecular weight is 398 g/mol. The van der Waals surface area contributed by atoms with Crippen LogP contribution in [0.5, 0.6) is 0 Å². The van der Waals surface area contributed by atoms with Crippen LogP contribution in [0.25, 0.3) is 11.3 Å². The fraction of sp³-hybridized carbons (Fsp3) is 0.120. The number of hydrogen-bond donors (Lipinski definition) is 0. The van der Waals surface area contributed by atoms with Crippen molar-refractivity contribution in [2.75, 3.05) is 0 Å². The molecule has 3 nitrogen and oxygen atoms in total. The Labute approximate surface area is 175 Å². The van der Waals surface area contributed by atoms with E-state index >= 15 is 0 Å². The Morgan fingerprint density at radius 2 is 1.62 bits per heavy atom. The first-order valence-electron chi connectivity index (χ1n) is 9.59. The van der Waals surface area contributed by atoms with E-state index in [1.54, 1.807) is 11.3 Å². The third-order valence-electron chi connectivity index (χ3n) is 4.72. The monoisotopic (exact) mass is 397 g/mol. The van der Waals surface area contributed by atoms with Crippen LogP contribution in [-0.4, -0.2) is 10.9 Å². The zero-order chi connectivity index (χ0) is 20.2. The predicted molar refractivity (Wildman–Crippen MR) is 123 cm³/mol. The molecule has 0 saturated carbocycles. The van der Waals surface area contributed by atoms with Crippen LogP contribution in [0.4, 0.5) is 5.69 Å². The normalized spacial score (nSPS) is 12.0. The van der Waals surface area contributed by atoms with E-state index in [9.17, 15) is 0 Å². The van der Waals surface area contributed by atoms with Crippen molar-refractivity contribution < 1.29 is 0 Å². The van der Waals surface area contributed by atoms with Crippen molar-refractivity contribution in [2.24, 2.45) is 10.1 Å². The molecule has 4 rings (SSSR count). The lowest BCUT2D eigenvalue weighted by atomic mass is 10.1. The van der Waals surface area contributed by atoms with E-state index in [-0.39, 0.29) is 0 Å². The SMILES string of the molecule is Cc1cccc(N=c2scc(-c3ccccc3)n2/N=C/c2ccc(C)cc2C)c1. The fourth-order valence-corrected chi connectivity index (χ4v) is 4.05. The minimum atomic E-state index is 0.843. The van der Waals surface area contributed by atoms with Gasteiger partial charge >= 0.3 is 0 Å². The zero-order valence-electron chi connectivity index (χ0n) is 16.8. The van der Waals surface area contributed by atoms with Crippen molar-refractivity contribution in [3.05, 3.63) is 105 Å². The molecular weight excluding hydrogens is 374 g/mol. The molecule has 0 atom stereocenters. The molecule has 0 N–H and O–H groups in total. The van der Waals surface area contributed by atoms with Crippen LogP contribution in [-0.2, 0) is 0 Å². The van der Waals surface area contributed by atoms with Crippen molar-refractivity contribution >= 4 is 23.2 Å². The summed E-state index contributed by atoms with van der Waals surface area (Å²) in [5, 5.41) is 6.94. The second-order valence-corrected chi connectivity index (χ2v) is 7.97. The van der Waals surface area contributed by atoms with Gasteiger partial charge in [-0.15, -0.1) is 11.3 Å². The van der Waals surface area contributed by atoms with Crippen molar-refractivity contribution in [2.45, 2.75) is 20.8 Å². The molecule has 4 aromatic rings. The van der Waals surface area contributed by atoms with E-state index in [0.717, 1.165) is 27.3 Å². The Bertz CT molecular complexity index is 1230. The minimum absolute atomic E-state index is 0.843. The van der Waals surface area contributed by atoms with Crippen LogP contribution in [0.3, 0.4) is 0 Å². The lowest BCUT2D eigenvalue weighted by Crippen LogP contribution is -2.11. The summed E-state index contributed by atoms with van der Waals surface area (Å²) < 4.78 is 1.93. The Balaban J connectivity index is 1.85. The highest BCUT2D eigenvalue weighted by Gasteiger charge is 2.07. The average Bonchev–Trinajstić information content (AvgIpc) is 3.10. The number of hydrogen-bond acceptors (Lipinski definition) is 3. The summed E-state index contributed by atoms with van der Waals surface area (Å²) in [6, 6.07) is 24.9. The largest absolute Gasteiger partial charge is 0.220 e. The standard InChI is InChI=1S/C25H23N3S/c1-18-8-7-11-23(15-18)27-25-28(24(17-29-25)21-9-5-4-6-10-21)26-16-22-13-12-19(2)14-20(22)3/h4-17H,1-3H3/b26-16+,27-25?. The van der Waals surface area contributed by atoms with Crippen LogP contribution in [0.2, 0.25) is 0 Å². The quantitative estimate of drug-likeness (QED) is 0.364. The molecule has 29 heavy (non-hydrogen) atoms. The number of benzene rings is 3. The van der Waals surface area contributed by atoms with Gasteiger partial charge in [-0.25, -0.2) is 9.67 Å². The Kier molecular flexibility index (Phi) is 5.54. The van der Waals surface area contributed by atoms with Gasteiger partial charge in [0, 0.05) is 10.9 Å². The first-order valence-corrected chi connectivity index (χ1v) is 10.5. The maximum Gasteiger partial charge on any atom is 0.211 e. The fourth-order valence-electron chi connectivity index (χ4n) is 3.19. The summed E-state index contributed by atoms with van der Waals surface area (Å²) in [4.78, 5) is 5.71. The van der Waals surface area contributed by atoms with Gasteiger partial charge in [0.05, 0.1) is 17.6 Å². The third-order valence-corrected chi connectivity index (χ3v) is 5.54. The lowest BCUT2D eigenvalue weighted by molar-refractivity contribution is 0.854. The van der Waals surface area contributed by atoms with Crippen LogP contribution in [0.1, 0.15) is 22.3 Å². The molecule has 1 heterocycles. The number of rotatable bonds is 4. The van der Waals surface area contributed by atoms with E-state index in [4.69, 9.17) is 10.1 Å². The third kappa shape index (κ3) is 4.44. The number of aryl methyl sites for hydroxylation is 3. The van der Waals surface area contributed by atoms with E-state index < -0.39 is 0 Å². The molecule has 0 aliphatic carbocycles. The van der Waals surface area contributed by atoms with Gasteiger partial charge in [0.1, 0.15) is 0 Å². The number of aromatic nitrogens is 1. The molecule has 3 aromatic carbocycles. The van der Waals surface area contributed by atoms with E-state index in [1.165, 1.54) is 16.7 Å². The summed E-state index contributed by atoms with van der Waals surface area (Å²) in [5.41, 5.74) is 7.84. The minimum Gasteiger partial charge on any atom is -0.220 e. The Morgan fingerprint density at radius 3 is 2.38 bits per heavy atom. The van der Waals surface area contributed by atoms with Crippen LogP contribution in [0.15, 0.2) is 88.3 Å². The Morgan fingerprint density at radius 1 is 0.828 bits per heavy atom. The van der Waals surface area contributed by atoms with Crippen molar-refractivity contribution in [3.63, 3.8) is 0 Å². The number of thiazole rings is 1. The molecule has 0 spiro atoms. The van der Waals surface area contributed by atoms with Crippen molar-refractivity contribution in [1.29, 1.82) is 0 Å². The molecule has 0 fully saturated rings. The van der Waals surface area contributed by atoms with Crippen LogP contribution in [0, 0.1) is 20.8 Å². The molecule has 4 heteroatoms. The van der Waals surface area contributed by atoms with Gasteiger partial charge in [-0.1, -0.05) is 66.2 Å². The van der Waals surface area contributed by atoms with Gasteiger partial charge in [0.15, 0.2) is 0 Å². The Hall–Kier alpha value is -3.24. The van der Waals surface area contributed by atoms with E-state index in [2.05, 4.69) is 68.6 Å². The first kappa shape index (κ1) is 19.1. The second kappa shape index (κ2) is 8.41. The molecule has 144 valence electrons. The molecule has 0 saturated heterocycles. The molecule has 0 radical (unpaired) electrons. The zero-order valence-corrected chi connectivity index (χ0v) is 17.6. The van der Waals surface area contributed by atoms with Gasteiger partial charge in [-0.3, -0.25) is 0 Å². The summed E-state index contributed by atoms with van der Waals surface area (Å²) in [7, 11) is 0. The highest BCUT2D eigenvalue weighted by molar-refractivity contribution is 7.07. The number of nitrogens with zero attached hydrogens (tertiary/aromatic N) is 3. The predicted octanol–water partition coefficient (Wildman–Crippen LogP) is 6.26. The molecular formula is C25H23N3S. The van der Waals surface area contributed by atoms with Crippen LogP contribution < -0.4 is 4.80 Å². The van der Waals surface area contributed by atoms with E-state index in [0.29, 0.717) is 0 Å². The first-order chi connectivity index (χ1) is 14.1. The van der Waals surface area contributed by atoms with Gasteiger partial charge in [-0.2, -0.15) is 5.10 Å². The topological polar surface area (TPSA) is 29.6 Å². The maximum absolute atomic E-state index is 4.86. The summed E-state index contributed by atoms with van der Waals surface area (Å²) in [6.45, 7) is 6.30. The molecule has 1 aromatic heterocycles. The molecule has 0 aliphatic rings. The van der Waals surface area contributed by atoms with Gasteiger partial charge in [-0.05, 0) is 49.6 Å². The molecule has 0 amide bonds. The molecule has 0 bridgehead atoms. The molecule has 0 aliphatic heterocycles. The smallest absolute Gasteiger partial charge is 0.211 e. The van der Waals surface area contributed by atoms with E-state index in [1.807, 2.05) is 41.2 Å². The summed E-state index contributed by atoms with van der Waals surface area (Å²) >= 11 is 1.60. The van der Waals surface area contributed by atoms with Gasteiger partial charge < -0.3 is 0 Å². The summed E-state index contributed by atoms with van der Waals surface area (Å²) in [5.74, 6) is 0. The van der Waals surface area contributed by atoms with Crippen molar-refractivity contribution in [3.8, 4) is 11.3 Å². The molecule has 0 unspecified atom stereocenters. The highest BCUT2D eigenvalue weighted by atomic mass is 32.1. The maximum atomic E-state index is 4.86. The lowest BCUT2D eigenvalue weighted by Gasteiger charge is -2.05. The highest BCUT2D eigenvalue weighted by Crippen LogP contribution is 2.21. The van der Waals surface area contributed by atoms with Gasteiger partial charge in [0.2, 0.25) is 4.80 Å².